The van der Waals surface area contributed by atoms with E-state index in [0.29, 0.717) is 18.5 Å². The number of hydrogen-bond donors (Lipinski definition) is 1. The van der Waals surface area contributed by atoms with E-state index >= 15 is 0 Å². The minimum atomic E-state index is -0.661. The van der Waals surface area contributed by atoms with Crippen LogP contribution in [0.2, 0.25) is 0 Å². The summed E-state index contributed by atoms with van der Waals surface area (Å²) in [5, 5.41) is 3.38. The zero-order valence-corrected chi connectivity index (χ0v) is 16.3. The van der Waals surface area contributed by atoms with Gasteiger partial charge < -0.3 is 14.8 Å². The van der Waals surface area contributed by atoms with Gasteiger partial charge in [-0.15, -0.1) is 0 Å². The summed E-state index contributed by atoms with van der Waals surface area (Å²) in [4.78, 5) is 26.9. The molecular weight excluding hydrogens is 351 g/mol. The molecule has 1 amide bonds. The molecule has 0 aromatic heterocycles. The Kier molecular flexibility index (Phi) is 5.42. The number of rotatable bonds is 2. The SMILES string of the molecule is COC(=O)C1CCCNC1C1Cc2cc(F)ccc2N1C(=O)OC(C)(C)C. The van der Waals surface area contributed by atoms with Gasteiger partial charge in [-0.2, -0.15) is 0 Å². The van der Waals surface area contributed by atoms with Crippen molar-refractivity contribution in [1.29, 1.82) is 0 Å². The predicted molar refractivity (Wildman–Crippen MR) is 99.1 cm³/mol. The van der Waals surface area contributed by atoms with Gasteiger partial charge in [-0.25, -0.2) is 9.18 Å². The fraction of sp³-hybridized carbons (Fsp3) is 0.600. The van der Waals surface area contributed by atoms with E-state index in [2.05, 4.69) is 5.32 Å². The number of fused-ring (bicyclic) bond motifs is 1. The Labute approximate surface area is 159 Å². The first-order valence-corrected chi connectivity index (χ1v) is 9.33. The molecule has 6 nitrogen and oxygen atoms in total. The Hall–Kier alpha value is -2.15. The van der Waals surface area contributed by atoms with Gasteiger partial charge in [-0.05, 0) is 70.3 Å². The van der Waals surface area contributed by atoms with Gasteiger partial charge in [0, 0.05) is 6.04 Å². The molecule has 27 heavy (non-hydrogen) atoms. The van der Waals surface area contributed by atoms with E-state index in [0.717, 1.165) is 18.5 Å². The van der Waals surface area contributed by atoms with E-state index < -0.39 is 11.7 Å². The minimum absolute atomic E-state index is 0.283. The number of benzene rings is 1. The number of halogens is 1. The third-order valence-corrected chi connectivity index (χ3v) is 5.08. The van der Waals surface area contributed by atoms with Gasteiger partial charge in [0.1, 0.15) is 11.4 Å². The molecule has 7 heteroatoms. The number of anilines is 1. The molecule has 3 rings (SSSR count). The van der Waals surface area contributed by atoms with Crippen molar-refractivity contribution in [2.24, 2.45) is 5.92 Å². The van der Waals surface area contributed by atoms with E-state index in [4.69, 9.17) is 9.47 Å². The summed E-state index contributed by atoms with van der Waals surface area (Å²) in [7, 11) is 1.37. The van der Waals surface area contributed by atoms with E-state index in [1.807, 2.05) is 0 Å². The Morgan fingerprint density at radius 3 is 2.70 bits per heavy atom. The Morgan fingerprint density at radius 2 is 2.04 bits per heavy atom. The molecule has 0 spiro atoms. The lowest BCUT2D eigenvalue weighted by Crippen LogP contribution is -2.58. The number of carbonyl (C=O) groups excluding carboxylic acids is 2. The van der Waals surface area contributed by atoms with Gasteiger partial charge in [0.15, 0.2) is 0 Å². The van der Waals surface area contributed by atoms with E-state index in [9.17, 15) is 14.0 Å². The highest BCUT2D eigenvalue weighted by atomic mass is 19.1. The Morgan fingerprint density at radius 1 is 1.30 bits per heavy atom. The van der Waals surface area contributed by atoms with Crippen molar-refractivity contribution in [1.82, 2.24) is 5.32 Å². The molecular formula is C20H27FN2O4. The lowest BCUT2D eigenvalue weighted by atomic mass is 9.85. The molecule has 2 aliphatic heterocycles. The first kappa shape index (κ1) is 19.6. The Bertz CT molecular complexity index is 731. The third-order valence-electron chi connectivity index (χ3n) is 5.08. The molecule has 3 unspecified atom stereocenters. The van der Waals surface area contributed by atoms with Crippen molar-refractivity contribution < 1.29 is 23.5 Å². The fourth-order valence-electron chi connectivity index (χ4n) is 4.01. The molecule has 0 saturated carbocycles. The van der Waals surface area contributed by atoms with Crippen LogP contribution in [0.15, 0.2) is 18.2 Å². The van der Waals surface area contributed by atoms with Gasteiger partial charge in [0.25, 0.3) is 0 Å². The number of nitrogens with one attached hydrogen (secondary N) is 1. The highest BCUT2D eigenvalue weighted by Gasteiger charge is 2.46. The smallest absolute Gasteiger partial charge is 0.415 e. The van der Waals surface area contributed by atoms with Crippen LogP contribution < -0.4 is 10.2 Å². The summed E-state index contributed by atoms with van der Waals surface area (Å²) in [6.07, 6.45) is 1.51. The fourth-order valence-corrected chi connectivity index (χ4v) is 4.01. The minimum Gasteiger partial charge on any atom is -0.469 e. The monoisotopic (exact) mass is 378 g/mol. The van der Waals surface area contributed by atoms with E-state index in [1.54, 1.807) is 31.7 Å². The average molecular weight is 378 g/mol. The summed E-state index contributed by atoms with van der Waals surface area (Å²) < 4.78 is 24.3. The van der Waals surface area contributed by atoms with Crippen molar-refractivity contribution in [3.63, 3.8) is 0 Å². The van der Waals surface area contributed by atoms with Crippen LogP contribution >= 0.6 is 0 Å². The summed E-state index contributed by atoms with van der Waals surface area (Å²) in [6.45, 7) is 6.16. The van der Waals surface area contributed by atoms with Gasteiger partial charge in [0.2, 0.25) is 0 Å². The van der Waals surface area contributed by atoms with Crippen LogP contribution in [0.5, 0.6) is 0 Å². The first-order valence-electron chi connectivity index (χ1n) is 9.33. The predicted octanol–water partition coefficient (Wildman–Crippen LogP) is 3.03. The lowest BCUT2D eigenvalue weighted by Gasteiger charge is -2.39. The van der Waals surface area contributed by atoms with Gasteiger partial charge in [-0.3, -0.25) is 9.69 Å². The normalized spacial score (nSPS) is 25.1. The van der Waals surface area contributed by atoms with Crippen LogP contribution in [0.4, 0.5) is 14.9 Å². The average Bonchev–Trinajstić information content (AvgIpc) is 2.98. The molecule has 2 heterocycles. The van der Waals surface area contributed by atoms with Crippen molar-refractivity contribution in [3.05, 3.63) is 29.6 Å². The van der Waals surface area contributed by atoms with E-state index in [1.165, 1.54) is 19.2 Å². The molecule has 148 valence electrons. The van der Waals surface area contributed by atoms with Crippen molar-refractivity contribution >= 4 is 17.7 Å². The highest BCUT2D eigenvalue weighted by molar-refractivity contribution is 5.92. The number of ether oxygens (including phenoxy) is 2. The maximum atomic E-state index is 13.8. The topological polar surface area (TPSA) is 67.9 Å². The molecule has 0 aliphatic carbocycles. The summed E-state index contributed by atoms with van der Waals surface area (Å²) >= 11 is 0. The van der Waals surface area contributed by atoms with Crippen LogP contribution in [0.25, 0.3) is 0 Å². The molecule has 1 N–H and O–H groups in total. The number of piperidine rings is 1. The largest absolute Gasteiger partial charge is 0.469 e. The number of nitrogens with zero attached hydrogens (tertiary/aromatic N) is 1. The quantitative estimate of drug-likeness (QED) is 0.802. The van der Waals surface area contributed by atoms with Crippen molar-refractivity contribution in [3.8, 4) is 0 Å². The maximum Gasteiger partial charge on any atom is 0.415 e. The standard InChI is InChI=1S/C20H27FN2O4/c1-20(2,3)27-19(25)23-15-8-7-13(21)10-12(15)11-16(23)17-14(18(24)26-4)6-5-9-22-17/h7-8,10,14,16-17,22H,5-6,9,11H2,1-4H3. The molecule has 0 bridgehead atoms. The number of amides is 1. The second kappa shape index (κ2) is 7.46. The number of methoxy groups -OCH3 is 1. The molecule has 3 atom stereocenters. The summed E-state index contributed by atoms with van der Waals surface area (Å²) in [5.41, 5.74) is 0.708. The van der Waals surface area contributed by atoms with Crippen LogP contribution in [-0.4, -0.2) is 43.4 Å². The summed E-state index contributed by atoms with van der Waals surface area (Å²) in [6, 6.07) is 3.76. The Balaban J connectivity index is 1.97. The van der Waals surface area contributed by atoms with Crippen LogP contribution in [0.3, 0.4) is 0 Å². The van der Waals surface area contributed by atoms with Crippen molar-refractivity contribution in [2.45, 2.75) is 57.7 Å². The molecule has 1 aromatic rings. The molecule has 1 saturated heterocycles. The first-order chi connectivity index (χ1) is 12.7. The number of carbonyl (C=O) groups is 2. The number of hydrogen-bond acceptors (Lipinski definition) is 5. The van der Waals surface area contributed by atoms with E-state index in [-0.39, 0.29) is 29.8 Å². The second-order valence-electron chi connectivity index (χ2n) is 8.15. The third kappa shape index (κ3) is 4.08. The van der Waals surface area contributed by atoms with Crippen LogP contribution in [0, 0.1) is 11.7 Å². The molecule has 0 radical (unpaired) electrons. The maximum absolute atomic E-state index is 13.8. The zero-order valence-electron chi connectivity index (χ0n) is 16.3. The molecule has 2 aliphatic rings. The van der Waals surface area contributed by atoms with Gasteiger partial charge >= 0.3 is 12.1 Å². The highest BCUT2D eigenvalue weighted by Crippen LogP contribution is 2.38. The molecule has 1 aromatic carbocycles. The van der Waals surface area contributed by atoms with Gasteiger partial charge in [0.05, 0.1) is 24.8 Å². The van der Waals surface area contributed by atoms with Crippen LogP contribution in [-0.2, 0) is 20.7 Å². The number of esters is 1. The van der Waals surface area contributed by atoms with Crippen molar-refractivity contribution in [2.75, 3.05) is 18.6 Å². The van der Waals surface area contributed by atoms with Gasteiger partial charge in [-0.1, -0.05) is 0 Å². The molecule has 1 fully saturated rings. The summed E-state index contributed by atoms with van der Waals surface area (Å²) in [5.74, 6) is -1.00. The zero-order chi connectivity index (χ0) is 19.8. The second-order valence-corrected chi connectivity index (χ2v) is 8.15. The lowest BCUT2D eigenvalue weighted by molar-refractivity contribution is -0.147. The van der Waals surface area contributed by atoms with Crippen LogP contribution in [0.1, 0.15) is 39.2 Å².